The minimum absolute atomic E-state index is 0.00713. The maximum absolute atomic E-state index is 12.2. The predicted molar refractivity (Wildman–Crippen MR) is 75.1 cm³/mol. The first kappa shape index (κ1) is 14.5. The number of nitrogens with zero attached hydrogens (tertiary/aromatic N) is 1. The third-order valence-corrected chi connectivity index (χ3v) is 3.86. The summed E-state index contributed by atoms with van der Waals surface area (Å²) >= 11 is 0. The van der Waals surface area contributed by atoms with Gasteiger partial charge < -0.3 is 15.7 Å². The molecule has 1 aliphatic carbocycles. The third-order valence-electron chi connectivity index (χ3n) is 3.86. The maximum atomic E-state index is 12.2. The molecule has 0 saturated carbocycles. The standard InChI is InChI=1S/C15H20N2O3/c1-17(15(20)12(16)9-14(18)19)13-8-4-6-10-5-2-3-7-11(10)13/h2-3,5,7,12-13H,4,6,8-9,16H2,1H3,(H,18,19). The number of nitrogens with two attached hydrogens (primary N) is 1. The summed E-state index contributed by atoms with van der Waals surface area (Å²) < 4.78 is 0. The number of likely N-dealkylation sites (N-methyl/N-ethyl adjacent to an activating group) is 1. The van der Waals surface area contributed by atoms with E-state index in [0.29, 0.717) is 0 Å². The van der Waals surface area contributed by atoms with Crippen LogP contribution in [0.15, 0.2) is 24.3 Å². The lowest BCUT2D eigenvalue weighted by atomic mass is 9.87. The number of carbonyl (C=O) groups is 2. The summed E-state index contributed by atoms with van der Waals surface area (Å²) in [7, 11) is 1.71. The van der Waals surface area contributed by atoms with Gasteiger partial charge in [-0.25, -0.2) is 0 Å². The van der Waals surface area contributed by atoms with Gasteiger partial charge in [-0.15, -0.1) is 0 Å². The summed E-state index contributed by atoms with van der Waals surface area (Å²) in [4.78, 5) is 24.5. The molecule has 0 bridgehead atoms. The Morgan fingerprint density at radius 3 is 2.85 bits per heavy atom. The molecule has 1 amide bonds. The molecule has 0 heterocycles. The smallest absolute Gasteiger partial charge is 0.305 e. The molecule has 2 rings (SSSR count). The lowest BCUT2D eigenvalue weighted by Gasteiger charge is -2.34. The van der Waals surface area contributed by atoms with Crippen LogP contribution in [0.1, 0.15) is 36.4 Å². The molecule has 20 heavy (non-hydrogen) atoms. The Hall–Kier alpha value is -1.88. The fourth-order valence-electron chi connectivity index (χ4n) is 2.82. The van der Waals surface area contributed by atoms with E-state index in [1.54, 1.807) is 11.9 Å². The number of rotatable bonds is 4. The van der Waals surface area contributed by atoms with Gasteiger partial charge in [-0.3, -0.25) is 9.59 Å². The van der Waals surface area contributed by atoms with Crippen LogP contribution >= 0.6 is 0 Å². The van der Waals surface area contributed by atoms with E-state index < -0.39 is 12.0 Å². The van der Waals surface area contributed by atoms with E-state index in [4.69, 9.17) is 10.8 Å². The fraction of sp³-hybridized carbons (Fsp3) is 0.467. The van der Waals surface area contributed by atoms with Gasteiger partial charge in [0.05, 0.1) is 18.5 Å². The number of aliphatic carboxylic acids is 1. The molecule has 0 aromatic heterocycles. The second-order valence-electron chi connectivity index (χ2n) is 5.26. The van der Waals surface area contributed by atoms with E-state index in [1.807, 2.05) is 18.2 Å². The molecular formula is C15H20N2O3. The predicted octanol–water partition coefficient (Wildman–Crippen LogP) is 1.32. The van der Waals surface area contributed by atoms with Gasteiger partial charge in [-0.05, 0) is 30.4 Å². The zero-order valence-electron chi connectivity index (χ0n) is 11.6. The second kappa shape index (κ2) is 6.05. The Kier molecular flexibility index (Phi) is 4.39. The Morgan fingerprint density at radius 2 is 2.15 bits per heavy atom. The van der Waals surface area contributed by atoms with Crippen LogP contribution in [0.3, 0.4) is 0 Å². The highest BCUT2D eigenvalue weighted by atomic mass is 16.4. The van der Waals surface area contributed by atoms with Crippen molar-refractivity contribution < 1.29 is 14.7 Å². The number of amides is 1. The van der Waals surface area contributed by atoms with Crippen LogP contribution in [0.25, 0.3) is 0 Å². The van der Waals surface area contributed by atoms with Crippen molar-refractivity contribution in [2.75, 3.05) is 7.05 Å². The van der Waals surface area contributed by atoms with Gasteiger partial charge in [-0.2, -0.15) is 0 Å². The molecule has 0 saturated heterocycles. The third kappa shape index (κ3) is 2.99. The largest absolute Gasteiger partial charge is 0.481 e. The van der Waals surface area contributed by atoms with Crippen LogP contribution < -0.4 is 5.73 Å². The maximum Gasteiger partial charge on any atom is 0.305 e. The van der Waals surface area contributed by atoms with E-state index in [2.05, 4.69) is 6.07 Å². The summed E-state index contributed by atoms with van der Waals surface area (Å²) in [6, 6.07) is 7.09. The molecule has 0 radical (unpaired) electrons. The van der Waals surface area contributed by atoms with E-state index in [0.717, 1.165) is 24.8 Å². The van der Waals surface area contributed by atoms with Crippen LogP contribution in [0, 0.1) is 0 Å². The van der Waals surface area contributed by atoms with Crippen molar-refractivity contribution in [3.63, 3.8) is 0 Å². The molecule has 5 nitrogen and oxygen atoms in total. The lowest BCUT2D eigenvalue weighted by Crippen LogP contribution is -2.45. The molecule has 0 spiro atoms. The van der Waals surface area contributed by atoms with E-state index >= 15 is 0 Å². The first-order valence-corrected chi connectivity index (χ1v) is 6.82. The van der Waals surface area contributed by atoms with E-state index in [-0.39, 0.29) is 18.4 Å². The van der Waals surface area contributed by atoms with Crippen LogP contribution in [-0.2, 0) is 16.0 Å². The average Bonchev–Trinajstić information content (AvgIpc) is 2.44. The molecule has 1 aromatic carbocycles. The molecule has 0 aliphatic heterocycles. The molecule has 5 heteroatoms. The number of hydrogen-bond donors (Lipinski definition) is 2. The Labute approximate surface area is 118 Å². The van der Waals surface area contributed by atoms with E-state index in [9.17, 15) is 9.59 Å². The molecule has 1 aliphatic rings. The van der Waals surface area contributed by atoms with Gasteiger partial charge in [0.2, 0.25) is 5.91 Å². The van der Waals surface area contributed by atoms with Crippen LogP contribution in [-0.4, -0.2) is 35.0 Å². The number of benzene rings is 1. The SMILES string of the molecule is CN(C(=O)C(N)CC(=O)O)C1CCCc2ccccc21. The number of carboxylic acid groups (broad SMARTS) is 1. The highest BCUT2D eigenvalue weighted by Gasteiger charge is 2.29. The number of hydrogen-bond acceptors (Lipinski definition) is 3. The molecular weight excluding hydrogens is 256 g/mol. The van der Waals surface area contributed by atoms with Crippen molar-refractivity contribution in [1.29, 1.82) is 0 Å². The normalized spacial score (nSPS) is 19.0. The van der Waals surface area contributed by atoms with Gasteiger partial charge in [-0.1, -0.05) is 24.3 Å². The topological polar surface area (TPSA) is 83.6 Å². The quantitative estimate of drug-likeness (QED) is 0.869. The highest BCUT2D eigenvalue weighted by molar-refractivity contribution is 5.86. The summed E-state index contributed by atoms with van der Waals surface area (Å²) in [5, 5.41) is 8.73. The number of carbonyl (C=O) groups excluding carboxylic acids is 1. The fourth-order valence-corrected chi connectivity index (χ4v) is 2.82. The summed E-state index contributed by atoms with van der Waals surface area (Å²) in [5.41, 5.74) is 8.08. The van der Waals surface area contributed by atoms with Crippen molar-refractivity contribution in [1.82, 2.24) is 4.90 Å². The van der Waals surface area contributed by atoms with Gasteiger partial charge in [0.15, 0.2) is 0 Å². The zero-order valence-corrected chi connectivity index (χ0v) is 11.6. The van der Waals surface area contributed by atoms with Gasteiger partial charge in [0.1, 0.15) is 0 Å². The Bertz CT molecular complexity index is 516. The second-order valence-corrected chi connectivity index (χ2v) is 5.26. The molecule has 0 fully saturated rings. The minimum atomic E-state index is -1.05. The first-order chi connectivity index (χ1) is 9.50. The summed E-state index contributed by atoms with van der Waals surface area (Å²) in [6.45, 7) is 0. The highest BCUT2D eigenvalue weighted by Crippen LogP contribution is 2.33. The van der Waals surface area contributed by atoms with Gasteiger partial charge in [0, 0.05) is 7.05 Å². The Morgan fingerprint density at radius 1 is 1.45 bits per heavy atom. The van der Waals surface area contributed by atoms with Crippen molar-refractivity contribution in [2.45, 2.75) is 37.8 Å². The van der Waals surface area contributed by atoms with Crippen LogP contribution in [0.4, 0.5) is 0 Å². The number of carboxylic acids is 1. The summed E-state index contributed by atoms with van der Waals surface area (Å²) in [5.74, 6) is -1.36. The molecule has 108 valence electrons. The number of fused-ring (bicyclic) bond motifs is 1. The van der Waals surface area contributed by atoms with Crippen molar-refractivity contribution in [2.24, 2.45) is 5.73 Å². The minimum Gasteiger partial charge on any atom is -0.481 e. The van der Waals surface area contributed by atoms with Crippen molar-refractivity contribution in [3.8, 4) is 0 Å². The van der Waals surface area contributed by atoms with Crippen LogP contribution in [0.2, 0.25) is 0 Å². The van der Waals surface area contributed by atoms with Crippen molar-refractivity contribution in [3.05, 3.63) is 35.4 Å². The molecule has 3 N–H and O–H groups in total. The van der Waals surface area contributed by atoms with Crippen LogP contribution in [0.5, 0.6) is 0 Å². The van der Waals surface area contributed by atoms with E-state index in [1.165, 1.54) is 5.56 Å². The first-order valence-electron chi connectivity index (χ1n) is 6.82. The molecule has 1 aromatic rings. The molecule has 2 unspecified atom stereocenters. The lowest BCUT2D eigenvalue weighted by molar-refractivity contribution is -0.142. The van der Waals surface area contributed by atoms with Gasteiger partial charge in [0.25, 0.3) is 0 Å². The molecule has 2 atom stereocenters. The average molecular weight is 276 g/mol. The summed E-state index contributed by atoms with van der Waals surface area (Å²) in [6.07, 6.45) is 2.60. The monoisotopic (exact) mass is 276 g/mol. The zero-order chi connectivity index (χ0) is 14.7. The van der Waals surface area contributed by atoms with Crippen molar-refractivity contribution >= 4 is 11.9 Å². The Balaban J connectivity index is 2.16. The van der Waals surface area contributed by atoms with Gasteiger partial charge >= 0.3 is 5.97 Å². The number of aryl methyl sites for hydroxylation is 1.